The predicted octanol–water partition coefficient (Wildman–Crippen LogP) is 4.92. The van der Waals surface area contributed by atoms with Gasteiger partial charge in [-0.1, -0.05) is 66.5 Å². The molecule has 10 heteroatoms. The topological polar surface area (TPSA) is 97.6 Å². The predicted molar refractivity (Wildman–Crippen MR) is 174 cm³/mol. The van der Waals surface area contributed by atoms with Gasteiger partial charge < -0.3 is 23.7 Å². The van der Waals surface area contributed by atoms with Crippen molar-refractivity contribution in [1.82, 2.24) is 4.57 Å². The van der Waals surface area contributed by atoms with Gasteiger partial charge in [0.25, 0.3) is 5.56 Å². The van der Waals surface area contributed by atoms with Crippen molar-refractivity contribution in [3.05, 3.63) is 121 Å². The van der Waals surface area contributed by atoms with E-state index in [4.69, 9.17) is 28.7 Å². The Labute approximate surface area is 264 Å². The van der Waals surface area contributed by atoms with Crippen LogP contribution in [0.5, 0.6) is 23.0 Å². The van der Waals surface area contributed by atoms with E-state index in [0.717, 1.165) is 11.1 Å². The number of carbonyl (C=O) groups is 1. The lowest BCUT2D eigenvalue weighted by atomic mass is 9.93. The number of rotatable bonds is 12. The fourth-order valence-corrected chi connectivity index (χ4v) is 6.08. The lowest BCUT2D eigenvalue weighted by Crippen LogP contribution is -2.40. The van der Waals surface area contributed by atoms with Crippen LogP contribution in [-0.4, -0.2) is 44.6 Å². The van der Waals surface area contributed by atoms with Crippen LogP contribution in [0.25, 0.3) is 11.8 Å². The van der Waals surface area contributed by atoms with Gasteiger partial charge in [-0.25, -0.2) is 9.79 Å². The molecule has 0 N–H and O–H groups in total. The van der Waals surface area contributed by atoms with Crippen LogP contribution >= 0.6 is 11.3 Å². The van der Waals surface area contributed by atoms with Gasteiger partial charge in [-0.05, 0) is 55.3 Å². The molecular formula is C35H34N2O7S. The summed E-state index contributed by atoms with van der Waals surface area (Å²) in [5.74, 6) is 1.55. The number of hydrogen-bond acceptors (Lipinski definition) is 9. The van der Waals surface area contributed by atoms with E-state index in [1.807, 2.05) is 55.5 Å². The number of fused-ring (bicyclic) bond motifs is 1. The third-order valence-electron chi connectivity index (χ3n) is 7.02. The number of esters is 1. The molecule has 0 saturated heterocycles. The van der Waals surface area contributed by atoms with E-state index in [1.165, 1.54) is 18.4 Å². The van der Waals surface area contributed by atoms with Gasteiger partial charge in [0.1, 0.15) is 6.61 Å². The first kappa shape index (κ1) is 31.3. The van der Waals surface area contributed by atoms with Gasteiger partial charge in [0.2, 0.25) is 0 Å². The van der Waals surface area contributed by atoms with E-state index in [-0.39, 0.29) is 17.7 Å². The summed E-state index contributed by atoms with van der Waals surface area (Å²) >= 11 is 1.24. The van der Waals surface area contributed by atoms with Gasteiger partial charge in [0, 0.05) is 5.56 Å². The SMILES string of the molecule is C=CCOc1ccc(/C=c2\sc3n(c2=O)[C@H](c2ccc(OC)c(OC)c2)C(C(=O)OCC)=C(c2ccccc2)N=3)cc1OCC. The molecule has 0 aliphatic carbocycles. The third-order valence-corrected chi connectivity index (χ3v) is 8.00. The fourth-order valence-electron chi connectivity index (χ4n) is 5.08. The van der Waals surface area contributed by atoms with Crippen LogP contribution in [0.2, 0.25) is 0 Å². The highest BCUT2D eigenvalue weighted by Gasteiger charge is 2.35. The molecule has 0 bridgehead atoms. The molecule has 4 aromatic rings. The Balaban J connectivity index is 1.77. The highest BCUT2D eigenvalue weighted by Crippen LogP contribution is 2.38. The lowest BCUT2D eigenvalue weighted by molar-refractivity contribution is -0.138. The summed E-state index contributed by atoms with van der Waals surface area (Å²) in [4.78, 5) is 33.3. The first-order chi connectivity index (χ1) is 21.9. The molecule has 0 fully saturated rings. The van der Waals surface area contributed by atoms with Crippen LogP contribution in [-0.2, 0) is 9.53 Å². The molecule has 1 aliphatic heterocycles. The summed E-state index contributed by atoms with van der Waals surface area (Å²) in [6.45, 7) is 8.27. The Kier molecular flexibility index (Phi) is 9.84. The summed E-state index contributed by atoms with van der Waals surface area (Å²) in [6, 6.07) is 19.3. The van der Waals surface area contributed by atoms with Gasteiger partial charge in [-0.15, -0.1) is 0 Å². The number of hydrogen-bond donors (Lipinski definition) is 0. The molecule has 0 radical (unpaired) electrons. The second-order valence-corrected chi connectivity index (χ2v) is 10.8. The van der Waals surface area contributed by atoms with Crippen molar-refractivity contribution in [2.45, 2.75) is 19.9 Å². The number of thiazole rings is 1. The molecule has 3 aromatic carbocycles. The summed E-state index contributed by atoms with van der Waals surface area (Å²) in [5, 5.41) is 0. The Bertz CT molecular complexity index is 1930. The fraction of sp³-hybridized carbons (Fsp3) is 0.229. The number of nitrogens with zero attached hydrogens (tertiary/aromatic N) is 2. The molecule has 0 saturated carbocycles. The molecule has 1 aromatic heterocycles. The van der Waals surface area contributed by atoms with Crippen LogP contribution < -0.4 is 33.8 Å². The van der Waals surface area contributed by atoms with E-state index in [2.05, 4.69) is 6.58 Å². The minimum atomic E-state index is -0.855. The van der Waals surface area contributed by atoms with Crippen LogP contribution in [0, 0.1) is 0 Å². The van der Waals surface area contributed by atoms with E-state index in [9.17, 15) is 9.59 Å². The van der Waals surface area contributed by atoms with Crippen LogP contribution in [0.3, 0.4) is 0 Å². The molecule has 5 rings (SSSR count). The Hall–Kier alpha value is -5.09. The van der Waals surface area contributed by atoms with Crippen molar-refractivity contribution in [1.29, 1.82) is 0 Å². The standard InChI is InChI=1S/C35H34N2O7S/c1-6-18-44-26-16-14-22(19-28(26)42-7-2)20-29-33(38)37-32(24-15-17-25(40-4)27(21-24)41-5)30(34(39)43-8-3)31(36-35(37)45-29)23-12-10-9-11-13-23/h6,9-17,19-21,32H,1,7-8,18H2,2-5H3/b29-20-/t32-/m1/s1. The molecule has 0 spiro atoms. The maximum atomic E-state index is 14.3. The summed E-state index contributed by atoms with van der Waals surface area (Å²) < 4.78 is 30.1. The van der Waals surface area contributed by atoms with Crippen molar-refractivity contribution in [3.63, 3.8) is 0 Å². The van der Waals surface area contributed by atoms with Gasteiger partial charge >= 0.3 is 5.97 Å². The zero-order valence-electron chi connectivity index (χ0n) is 25.6. The van der Waals surface area contributed by atoms with Crippen LogP contribution in [0.1, 0.15) is 36.6 Å². The number of methoxy groups -OCH3 is 2. The molecular weight excluding hydrogens is 592 g/mol. The second kappa shape index (κ2) is 14.1. The molecule has 1 aliphatic rings. The van der Waals surface area contributed by atoms with Crippen molar-refractivity contribution in [3.8, 4) is 23.0 Å². The van der Waals surface area contributed by atoms with Crippen molar-refractivity contribution in [2.24, 2.45) is 4.99 Å². The number of aromatic nitrogens is 1. The maximum absolute atomic E-state index is 14.3. The smallest absolute Gasteiger partial charge is 0.338 e. The van der Waals surface area contributed by atoms with E-state index >= 15 is 0 Å². The largest absolute Gasteiger partial charge is 0.493 e. The monoisotopic (exact) mass is 626 g/mol. The molecule has 9 nitrogen and oxygen atoms in total. The molecule has 1 atom stereocenters. The number of carbonyl (C=O) groups excluding carboxylic acids is 1. The Morgan fingerprint density at radius 3 is 2.38 bits per heavy atom. The zero-order valence-corrected chi connectivity index (χ0v) is 26.4. The second-order valence-electron chi connectivity index (χ2n) is 9.78. The van der Waals surface area contributed by atoms with Crippen molar-refractivity contribution < 1.29 is 28.5 Å². The summed E-state index contributed by atoms with van der Waals surface area (Å²) in [7, 11) is 3.09. The van der Waals surface area contributed by atoms with E-state index in [0.29, 0.717) is 56.8 Å². The minimum Gasteiger partial charge on any atom is -0.493 e. The first-order valence-electron chi connectivity index (χ1n) is 14.4. The first-order valence-corrected chi connectivity index (χ1v) is 15.3. The van der Waals surface area contributed by atoms with Gasteiger partial charge in [-0.3, -0.25) is 9.36 Å². The average Bonchev–Trinajstić information content (AvgIpc) is 3.37. The maximum Gasteiger partial charge on any atom is 0.338 e. The normalized spacial score (nSPS) is 14.3. The summed E-state index contributed by atoms with van der Waals surface area (Å²) in [6.07, 6.45) is 3.44. The number of benzene rings is 3. The van der Waals surface area contributed by atoms with Crippen molar-refractivity contribution in [2.75, 3.05) is 34.0 Å². The van der Waals surface area contributed by atoms with Crippen molar-refractivity contribution >= 4 is 29.1 Å². The third kappa shape index (κ3) is 6.41. The molecule has 2 heterocycles. The van der Waals surface area contributed by atoms with E-state index in [1.54, 1.807) is 49.0 Å². The van der Waals surface area contributed by atoms with E-state index < -0.39 is 12.0 Å². The summed E-state index contributed by atoms with van der Waals surface area (Å²) in [5.41, 5.74) is 2.47. The number of ether oxygens (including phenoxy) is 5. The molecule has 0 unspecified atom stereocenters. The zero-order chi connectivity index (χ0) is 31.9. The lowest BCUT2D eigenvalue weighted by Gasteiger charge is -2.26. The molecule has 232 valence electrons. The molecule has 45 heavy (non-hydrogen) atoms. The van der Waals surface area contributed by atoms with Crippen LogP contribution in [0.15, 0.2) is 94.7 Å². The minimum absolute atomic E-state index is 0.155. The Morgan fingerprint density at radius 2 is 1.69 bits per heavy atom. The Morgan fingerprint density at radius 1 is 0.933 bits per heavy atom. The quantitative estimate of drug-likeness (QED) is 0.163. The highest BCUT2D eigenvalue weighted by molar-refractivity contribution is 7.07. The van der Waals surface area contributed by atoms with Gasteiger partial charge in [-0.2, -0.15) is 0 Å². The van der Waals surface area contributed by atoms with Gasteiger partial charge in [0.05, 0.1) is 49.3 Å². The average molecular weight is 627 g/mol. The molecule has 0 amide bonds. The van der Waals surface area contributed by atoms with Gasteiger partial charge in [0.15, 0.2) is 27.8 Å². The van der Waals surface area contributed by atoms with Crippen LogP contribution in [0.4, 0.5) is 0 Å². The highest BCUT2D eigenvalue weighted by atomic mass is 32.1.